The van der Waals surface area contributed by atoms with Gasteiger partial charge in [-0.2, -0.15) is 0 Å². The Bertz CT molecular complexity index is 761. The summed E-state index contributed by atoms with van der Waals surface area (Å²) in [5.74, 6) is -3.46. The van der Waals surface area contributed by atoms with E-state index in [9.17, 15) is 28.6 Å². The summed E-state index contributed by atoms with van der Waals surface area (Å²) in [4.78, 5) is 26.5. The van der Waals surface area contributed by atoms with Gasteiger partial charge in [0.2, 0.25) is 5.91 Å². The number of halogens is 2. The number of aliphatic hydroxyl groups excluding tert-OH is 2. The van der Waals surface area contributed by atoms with Gasteiger partial charge in [0.05, 0.1) is 12.1 Å². The third kappa shape index (κ3) is 5.05. The van der Waals surface area contributed by atoms with Gasteiger partial charge in [0, 0.05) is 11.6 Å². The fourth-order valence-electron chi connectivity index (χ4n) is 3.92. The summed E-state index contributed by atoms with van der Waals surface area (Å²) in [6.45, 7) is 9.35. The lowest BCUT2D eigenvalue weighted by Crippen LogP contribution is -2.56. The highest BCUT2D eigenvalue weighted by Crippen LogP contribution is 2.28. The molecule has 1 saturated heterocycles. The molecule has 156 valence electrons. The predicted octanol–water partition coefficient (Wildman–Crippen LogP) is 1.84. The van der Waals surface area contributed by atoms with Crippen LogP contribution >= 0.6 is 0 Å². The van der Waals surface area contributed by atoms with Crippen LogP contribution in [0.15, 0.2) is 18.2 Å². The van der Waals surface area contributed by atoms with E-state index in [1.165, 1.54) is 0 Å². The van der Waals surface area contributed by atoms with Crippen molar-refractivity contribution in [1.29, 1.82) is 0 Å². The fourth-order valence-corrected chi connectivity index (χ4v) is 3.92. The van der Waals surface area contributed by atoms with Gasteiger partial charge in [0.1, 0.15) is 29.9 Å². The third-order valence-corrected chi connectivity index (χ3v) is 4.56. The van der Waals surface area contributed by atoms with Crippen LogP contribution in [-0.4, -0.2) is 57.3 Å². The van der Waals surface area contributed by atoms with Crippen molar-refractivity contribution < 1.29 is 28.6 Å². The molecule has 3 N–H and O–H groups in total. The third-order valence-electron chi connectivity index (χ3n) is 4.56. The van der Waals surface area contributed by atoms with E-state index in [1.54, 1.807) is 0 Å². The van der Waals surface area contributed by atoms with Crippen molar-refractivity contribution in [3.05, 3.63) is 35.4 Å². The maximum atomic E-state index is 14.0. The SMILES string of the molecule is CC(C)(C)CC(C)(C)NC(=O)[C@@H]1[C@@H](O)[C@@H](O)CN1C(=O)c1ccc(F)cc1F. The van der Waals surface area contributed by atoms with Gasteiger partial charge in [-0.05, 0) is 37.8 Å². The second-order valence-electron chi connectivity index (χ2n) is 9.20. The highest BCUT2D eigenvalue weighted by Gasteiger charge is 2.48. The molecule has 1 aliphatic rings. The number of β-amino-alcohol motifs (C(OH)–C–C–N with tert-alkyl or cyclic N) is 1. The van der Waals surface area contributed by atoms with Crippen LogP contribution in [0.1, 0.15) is 51.4 Å². The molecule has 0 aromatic heterocycles. The Balaban J connectivity index is 2.27. The van der Waals surface area contributed by atoms with E-state index in [4.69, 9.17) is 0 Å². The molecule has 1 aromatic carbocycles. The van der Waals surface area contributed by atoms with E-state index in [2.05, 4.69) is 5.32 Å². The van der Waals surface area contributed by atoms with Crippen molar-refractivity contribution in [2.45, 2.75) is 64.8 Å². The lowest BCUT2D eigenvalue weighted by atomic mass is 9.81. The van der Waals surface area contributed by atoms with Gasteiger partial charge in [-0.25, -0.2) is 8.78 Å². The molecule has 6 nitrogen and oxygen atoms in total. The summed E-state index contributed by atoms with van der Waals surface area (Å²) in [7, 11) is 0. The second kappa shape index (κ2) is 7.75. The molecule has 1 fully saturated rings. The van der Waals surface area contributed by atoms with Crippen molar-refractivity contribution in [2.24, 2.45) is 5.41 Å². The summed E-state index contributed by atoms with van der Waals surface area (Å²) in [6.07, 6.45) is -2.25. The molecule has 2 rings (SSSR count). The second-order valence-corrected chi connectivity index (χ2v) is 9.20. The number of likely N-dealkylation sites (tertiary alicyclic amines) is 1. The minimum absolute atomic E-state index is 0.0860. The smallest absolute Gasteiger partial charge is 0.257 e. The number of carbonyl (C=O) groups excluding carboxylic acids is 2. The number of carbonyl (C=O) groups is 2. The predicted molar refractivity (Wildman–Crippen MR) is 99.5 cm³/mol. The Morgan fingerprint density at radius 1 is 1.18 bits per heavy atom. The number of hydrogen-bond donors (Lipinski definition) is 3. The zero-order valence-corrected chi connectivity index (χ0v) is 16.8. The highest BCUT2D eigenvalue weighted by atomic mass is 19.1. The van der Waals surface area contributed by atoms with Crippen molar-refractivity contribution in [3.63, 3.8) is 0 Å². The fraction of sp³-hybridized carbons (Fsp3) is 0.600. The van der Waals surface area contributed by atoms with E-state index in [0.717, 1.165) is 17.0 Å². The number of amides is 2. The van der Waals surface area contributed by atoms with E-state index < -0.39 is 52.8 Å². The van der Waals surface area contributed by atoms with Crippen LogP contribution in [0.2, 0.25) is 0 Å². The van der Waals surface area contributed by atoms with E-state index in [-0.39, 0.29) is 12.0 Å². The first-order valence-electron chi connectivity index (χ1n) is 9.16. The quantitative estimate of drug-likeness (QED) is 0.722. The van der Waals surface area contributed by atoms with Crippen LogP contribution in [0.3, 0.4) is 0 Å². The van der Waals surface area contributed by atoms with Gasteiger partial charge in [-0.3, -0.25) is 9.59 Å². The minimum atomic E-state index is -1.52. The first-order valence-corrected chi connectivity index (χ1v) is 9.16. The average molecular weight is 398 g/mol. The molecule has 0 spiro atoms. The summed E-state index contributed by atoms with van der Waals surface area (Å²) in [5, 5.41) is 23.1. The van der Waals surface area contributed by atoms with Crippen LogP contribution < -0.4 is 5.32 Å². The molecule has 8 heteroatoms. The van der Waals surface area contributed by atoms with Crippen molar-refractivity contribution in [2.75, 3.05) is 6.54 Å². The topological polar surface area (TPSA) is 89.9 Å². The molecule has 2 amide bonds. The van der Waals surface area contributed by atoms with Gasteiger partial charge < -0.3 is 20.4 Å². The summed E-state index contributed by atoms with van der Waals surface area (Å²) in [6, 6.07) is 1.09. The molecular formula is C20H28F2N2O4. The van der Waals surface area contributed by atoms with E-state index >= 15 is 0 Å². The largest absolute Gasteiger partial charge is 0.388 e. The molecule has 28 heavy (non-hydrogen) atoms. The lowest BCUT2D eigenvalue weighted by molar-refractivity contribution is -0.129. The Hall–Kier alpha value is -2.06. The highest BCUT2D eigenvalue weighted by molar-refractivity contribution is 5.98. The van der Waals surface area contributed by atoms with Crippen LogP contribution in [0.25, 0.3) is 0 Å². The number of aliphatic hydroxyl groups is 2. The van der Waals surface area contributed by atoms with Crippen LogP contribution in [-0.2, 0) is 4.79 Å². The van der Waals surface area contributed by atoms with Crippen molar-refractivity contribution in [1.82, 2.24) is 10.2 Å². The number of benzene rings is 1. The molecule has 1 aliphatic heterocycles. The van der Waals surface area contributed by atoms with E-state index in [0.29, 0.717) is 12.5 Å². The number of nitrogens with one attached hydrogen (secondary N) is 1. The number of nitrogens with zero attached hydrogens (tertiary/aromatic N) is 1. The summed E-state index contributed by atoms with van der Waals surface area (Å²) < 4.78 is 27.1. The van der Waals surface area contributed by atoms with Gasteiger partial charge in [-0.1, -0.05) is 20.8 Å². The Kier molecular flexibility index (Phi) is 6.16. The zero-order chi connectivity index (χ0) is 21.4. The monoisotopic (exact) mass is 398 g/mol. The molecule has 0 radical (unpaired) electrons. The lowest BCUT2D eigenvalue weighted by Gasteiger charge is -2.35. The first-order chi connectivity index (χ1) is 12.7. The van der Waals surface area contributed by atoms with Gasteiger partial charge in [0.25, 0.3) is 5.91 Å². The Labute approximate surface area is 163 Å². The number of hydrogen-bond acceptors (Lipinski definition) is 4. The molecule has 1 heterocycles. The van der Waals surface area contributed by atoms with Crippen molar-refractivity contribution >= 4 is 11.8 Å². The minimum Gasteiger partial charge on any atom is -0.388 e. The van der Waals surface area contributed by atoms with Crippen LogP contribution in [0, 0.1) is 17.0 Å². The molecule has 0 bridgehead atoms. The Morgan fingerprint density at radius 2 is 1.79 bits per heavy atom. The molecule has 0 unspecified atom stereocenters. The normalized spacial score (nSPS) is 23.0. The average Bonchev–Trinajstić information content (AvgIpc) is 2.79. The molecule has 0 saturated carbocycles. The Morgan fingerprint density at radius 3 is 2.32 bits per heavy atom. The van der Waals surface area contributed by atoms with Gasteiger partial charge in [-0.15, -0.1) is 0 Å². The summed E-state index contributed by atoms with van der Waals surface area (Å²) in [5.41, 5.74) is -1.16. The van der Waals surface area contributed by atoms with Crippen molar-refractivity contribution in [3.8, 4) is 0 Å². The summed E-state index contributed by atoms with van der Waals surface area (Å²) >= 11 is 0. The van der Waals surface area contributed by atoms with Gasteiger partial charge >= 0.3 is 0 Å². The van der Waals surface area contributed by atoms with Crippen LogP contribution in [0.5, 0.6) is 0 Å². The zero-order valence-electron chi connectivity index (χ0n) is 16.8. The number of rotatable bonds is 4. The maximum absolute atomic E-state index is 14.0. The molecular weight excluding hydrogens is 370 g/mol. The van der Waals surface area contributed by atoms with E-state index in [1.807, 2.05) is 34.6 Å². The molecule has 3 atom stereocenters. The van der Waals surface area contributed by atoms with Gasteiger partial charge in [0.15, 0.2) is 0 Å². The standard InChI is InChI=1S/C20H28F2N2O4/c1-19(2,3)10-20(4,5)23-17(27)15-16(26)14(25)9-24(15)18(28)12-7-6-11(21)8-13(12)22/h6-8,14-16,25-26H,9-10H2,1-5H3,(H,23,27)/t14-,15-,16-/m0/s1. The first kappa shape index (κ1) is 22.2. The molecule has 1 aromatic rings. The maximum Gasteiger partial charge on any atom is 0.257 e. The molecule has 0 aliphatic carbocycles. The van der Waals surface area contributed by atoms with Crippen LogP contribution in [0.4, 0.5) is 8.78 Å².